The molecule has 0 saturated carbocycles. The standard InChI is InChI=1S/C8H12F2N4O6/c9-8(10,13-14-11)7(19)12-3-5(17)4(16)2(1-15)20-6(3)18/h2-6,15-18H,1H2,(H,12,19)/t2?,3?,4-,5+,6+/m0/s1. The minimum absolute atomic E-state index is 0.745. The summed E-state index contributed by atoms with van der Waals surface area (Å²) < 4.78 is 30.5. The lowest BCUT2D eigenvalue weighted by atomic mass is 9.97. The van der Waals surface area contributed by atoms with Crippen LogP contribution in [0.2, 0.25) is 0 Å². The maximum atomic E-state index is 12.9. The van der Waals surface area contributed by atoms with Gasteiger partial charge in [-0.3, -0.25) is 4.79 Å². The number of hydrogen-bond acceptors (Lipinski definition) is 7. The molecule has 0 aromatic heterocycles. The molecular weight excluding hydrogens is 286 g/mol. The number of carbonyl (C=O) groups excluding carboxylic acids is 1. The minimum atomic E-state index is -4.44. The molecule has 2 unspecified atom stereocenters. The van der Waals surface area contributed by atoms with Gasteiger partial charge >= 0.3 is 6.05 Å². The van der Waals surface area contributed by atoms with E-state index in [0.29, 0.717) is 0 Å². The molecule has 1 amide bonds. The second-order valence-electron chi connectivity index (χ2n) is 3.96. The summed E-state index contributed by atoms with van der Waals surface area (Å²) in [6.07, 6.45) is -6.88. The third-order valence-corrected chi connectivity index (χ3v) is 2.64. The first kappa shape index (κ1) is 16.5. The van der Waals surface area contributed by atoms with Crippen molar-refractivity contribution in [3.63, 3.8) is 0 Å². The van der Waals surface area contributed by atoms with E-state index in [-0.39, 0.29) is 0 Å². The van der Waals surface area contributed by atoms with E-state index in [1.165, 1.54) is 5.32 Å². The van der Waals surface area contributed by atoms with Crippen LogP contribution < -0.4 is 5.32 Å². The lowest BCUT2D eigenvalue weighted by molar-refractivity contribution is -0.254. The summed E-state index contributed by atoms with van der Waals surface area (Å²) in [6, 6.07) is -6.23. The molecule has 5 atom stereocenters. The molecule has 12 heteroatoms. The van der Waals surface area contributed by atoms with E-state index in [9.17, 15) is 28.9 Å². The minimum Gasteiger partial charge on any atom is -0.394 e. The number of aliphatic hydroxyl groups excluding tert-OH is 4. The molecule has 114 valence electrons. The number of ether oxygens (including phenoxy) is 1. The van der Waals surface area contributed by atoms with Crippen LogP contribution in [0.3, 0.4) is 0 Å². The van der Waals surface area contributed by atoms with Crippen LogP contribution in [-0.4, -0.2) is 69.6 Å². The fourth-order valence-electron chi connectivity index (χ4n) is 1.59. The number of hydrogen-bond donors (Lipinski definition) is 5. The SMILES string of the molecule is [N-]=[N+]=NC(F)(F)C(=O)NC1[C@H](O)OC(CO)[C@H](O)[C@@H]1O. The number of nitrogens with zero attached hydrogens (tertiary/aromatic N) is 3. The summed E-state index contributed by atoms with van der Waals surface area (Å²) in [5.41, 5.74) is 7.88. The Morgan fingerprint density at radius 3 is 2.50 bits per heavy atom. The van der Waals surface area contributed by atoms with Crippen LogP contribution in [-0.2, 0) is 9.53 Å². The summed E-state index contributed by atoms with van der Waals surface area (Å²) in [5.74, 6) is -2.09. The van der Waals surface area contributed by atoms with E-state index in [2.05, 4.69) is 4.74 Å². The molecule has 0 radical (unpaired) electrons. The molecule has 1 fully saturated rings. The summed E-state index contributed by atoms with van der Waals surface area (Å²) in [5, 5.41) is 40.7. The molecule has 1 saturated heterocycles. The lowest BCUT2D eigenvalue weighted by Crippen LogP contribution is -2.65. The molecule has 0 spiro atoms. The molecule has 1 aliphatic heterocycles. The zero-order chi connectivity index (χ0) is 15.5. The summed E-state index contributed by atoms with van der Waals surface area (Å²) in [4.78, 5) is 12.9. The molecule has 20 heavy (non-hydrogen) atoms. The Bertz CT molecular complexity index is 418. The average Bonchev–Trinajstić information content (AvgIpc) is 2.38. The molecule has 1 aliphatic rings. The molecule has 10 nitrogen and oxygen atoms in total. The Morgan fingerprint density at radius 2 is 2.00 bits per heavy atom. The van der Waals surface area contributed by atoms with Crippen LogP contribution in [0, 0.1) is 0 Å². The highest BCUT2D eigenvalue weighted by molar-refractivity contribution is 5.83. The highest BCUT2D eigenvalue weighted by Gasteiger charge is 2.47. The van der Waals surface area contributed by atoms with Crippen LogP contribution in [0.4, 0.5) is 8.78 Å². The summed E-state index contributed by atoms with van der Waals surface area (Å²) >= 11 is 0. The van der Waals surface area contributed by atoms with Gasteiger partial charge in [0.15, 0.2) is 6.29 Å². The number of aliphatic hydroxyl groups is 4. The monoisotopic (exact) mass is 298 g/mol. The van der Waals surface area contributed by atoms with Gasteiger partial charge in [0.05, 0.1) is 6.61 Å². The van der Waals surface area contributed by atoms with Crippen LogP contribution >= 0.6 is 0 Å². The molecular formula is C8H12F2N4O6. The first-order chi connectivity index (χ1) is 9.24. The predicted molar refractivity (Wildman–Crippen MR) is 56.0 cm³/mol. The highest BCUT2D eigenvalue weighted by atomic mass is 19.3. The number of azide groups is 1. The Balaban J connectivity index is 2.81. The van der Waals surface area contributed by atoms with Gasteiger partial charge in [0.1, 0.15) is 24.4 Å². The van der Waals surface area contributed by atoms with E-state index >= 15 is 0 Å². The highest BCUT2D eigenvalue weighted by Crippen LogP contribution is 2.22. The van der Waals surface area contributed by atoms with Crippen molar-refractivity contribution in [2.24, 2.45) is 5.11 Å². The Kier molecular flexibility index (Phi) is 5.16. The van der Waals surface area contributed by atoms with Crippen LogP contribution in [0.5, 0.6) is 0 Å². The second kappa shape index (κ2) is 6.26. The fraction of sp³-hybridized carbons (Fsp3) is 0.875. The molecule has 0 aliphatic carbocycles. The van der Waals surface area contributed by atoms with Crippen molar-refractivity contribution in [1.82, 2.24) is 5.32 Å². The van der Waals surface area contributed by atoms with Gasteiger partial charge in [0, 0.05) is 4.91 Å². The van der Waals surface area contributed by atoms with Crippen LogP contribution in [0.25, 0.3) is 10.4 Å². The number of halogens is 2. The molecule has 0 aromatic rings. The number of carbonyl (C=O) groups is 1. The maximum Gasteiger partial charge on any atom is 0.401 e. The van der Waals surface area contributed by atoms with E-state index in [1.54, 1.807) is 4.91 Å². The lowest BCUT2D eigenvalue weighted by Gasteiger charge is -2.40. The van der Waals surface area contributed by atoms with Crippen LogP contribution in [0.15, 0.2) is 5.11 Å². The zero-order valence-corrected chi connectivity index (χ0v) is 9.80. The quantitative estimate of drug-likeness (QED) is 0.171. The summed E-state index contributed by atoms with van der Waals surface area (Å²) in [7, 11) is 0. The van der Waals surface area contributed by atoms with Gasteiger partial charge in [-0.05, 0) is 10.6 Å². The van der Waals surface area contributed by atoms with Gasteiger partial charge in [-0.1, -0.05) is 0 Å². The molecule has 1 rings (SSSR count). The van der Waals surface area contributed by atoms with Crippen molar-refractivity contribution in [3.8, 4) is 0 Å². The fourth-order valence-corrected chi connectivity index (χ4v) is 1.59. The van der Waals surface area contributed by atoms with Gasteiger partial charge in [-0.25, -0.2) is 0 Å². The van der Waals surface area contributed by atoms with E-state index < -0.39 is 49.2 Å². The van der Waals surface area contributed by atoms with Crippen molar-refractivity contribution in [3.05, 3.63) is 10.4 Å². The number of nitrogens with one attached hydrogen (secondary N) is 1. The summed E-state index contributed by atoms with van der Waals surface area (Å²) in [6.45, 7) is -0.745. The van der Waals surface area contributed by atoms with E-state index in [1.807, 2.05) is 5.11 Å². The van der Waals surface area contributed by atoms with Crippen molar-refractivity contribution in [2.45, 2.75) is 36.7 Å². The first-order valence-electron chi connectivity index (χ1n) is 5.30. The van der Waals surface area contributed by atoms with Crippen LogP contribution in [0.1, 0.15) is 0 Å². The molecule has 0 bridgehead atoms. The van der Waals surface area contributed by atoms with Gasteiger partial charge in [-0.15, -0.1) is 0 Å². The normalized spacial score (nSPS) is 34.2. The Labute approximate surface area is 110 Å². The van der Waals surface area contributed by atoms with E-state index in [0.717, 1.165) is 0 Å². The maximum absolute atomic E-state index is 12.9. The second-order valence-corrected chi connectivity index (χ2v) is 3.96. The average molecular weight is 298 g/mol. The van der Waals surface area contributed by atoms with E-state index in [4.69, 9.17) is 10.6 Å². The topological polar surface area (TPSA) is 168 Å². The largest absolute Gasteiger partial charge is 0.401 e. The molecule has 0 aromatic carbocycles. The van der Waals surface area contributed by atoms with Gasteiger partial charge < -0.3 is 30.5 Å². The number of rotatable bonds is 4. The number of alkyl halides is 2. The van der Waals surface area contributed by atoms with Crippen molar-refractivity contribution in [1.29, 1.82) is 0 Å². The third kappa shape index (κ3) is 3.30. The third-order valence-electron chi connectivity index (χ3n) is 2.64. The number of amides is 1. The zero-order valence-electron chi connectivity index (χ0n) is 9.80. The van der Waals surface area contributed by atoms with Crippen molar-refractivity contribution < 1.29 is 38.7 Å². The smallest absolute Gasteiger partial charge is 0.394 e. The molecule has 1 heterocycles. The molecule has 5 N–H and O–H groups in total. The van der Waals surface area contributed by atoms with Gasteiger partial charge in [-0.2, -0.15) is 8.78 Å². The van der Waals surface area contributed by atoms with Gasteiger partial charge in [0.25, 0.3) is 5.91 Å². The van der Waals surface area contributed by atoms with Crippen molar-refractivity contribution in [2.75, 3.05) is 6.61 Å². The van der Waals surface area contributed by atoms with Gasteiger partial charge in [0.2, 0.25) is 0 Å². The van der Waals surface area contributed by atoms with Crippen molar-refractivity contribution >= 4 is 5.91 Å². The Morgan fingerprint density at radius 1 is 1.40 bits per heavy atom. The predicted octanol–water partition coefficient (Wildman–Crippen LogP) is -2.19. The first-order valence-corrected chi connectivity index (χ1v) is 5.30. The Hall–Kier alpha value is -1.56.